The highest BCUT2D eigenvalue weighted by Crippen LogP contribution is 2.16. The predicted molar refractivity (Wildman–Crippen MR) is 134 cm³/mol. The van der Waals surface area contributed by atoms with Gasteiger partial charge in [0, 0.05) is 38.3 Å². The van der Waals surface area contributed by atoms with Crippen LogP contribution in [0.15, 0.2) is 89.8 Å². The van der Waals surface area contributed by atoms with Gasteiger partial charge in [-0.2, -0.15) is 0 Å². The fourth-order valence-corrected chi connectivity index (χ4v) is 5.86. The minimum absolute atomic E-state index is 0.228. The van der Waals surface area contributed by atoms with Crippen molar-refractivity contribution in [2.75, 3.05) is 26.2 Å². The van der Waals surface area contributed by atoms with Gasteiger partial charge in [0.25, 0.3) is 0 Å². The van der Waals surface area contributed by atoms with Gasteiger partial charge in [0.1, 0.15) is 0 Å². The molecule has 0 aliphatic carbocycles. The first-order valence-electron chi connectivity index (χ1n) is 11.6. The van der Waals surface area contributed by atoms with E-state index in [0.717, 1.165) is 37.2 Å². The van der Waals surface area contributed by atoms with Crippen LogP contribution in [0.5, 0.6) is 0 Å². The number of piperazine rings is 1. The zero-order chi connectivity index (χ0) is 23.1. The lowest BCUT2D eigenvalue weighted by atomic mass is 10.0. The van der Waals surface area contributed by atoms with Crippen LogP contribution in [0, 0.1) is 6.92 Å². The summed E-state index contributed by atoms with van der Waals surface area (Å²) >= 11 is 0. The van der Waals surface area contributed by atoms with Gasteiger partial charge in [0.15, 0.2) is 0 Å². The summed E-state index contributed by atoms with van der Waals surface area (Å²) in [6.45, 7) is 5.29. The molecule has 1 aliphatic heterocycles. The Bertz CT molecular complexity index is 1120. The molecule has 174 valence electrons. The molecule has 2 N–H and O–H groups in total. The van der Waals surface area contributed by atoms with Gasteiger partial charge in [-0.15, -0.1) is 0 Å². The largest absolute Gasteiger partial charge is 0.314 e. The number of sulfonamides is 1. The van der Waals surface area contributed by atoms with E-state index in [4.69, 9.17) is 0 Å². The minimum Gasteiger partial charge on any atom is -0.314 e. The van der Waals surface area contributed by atoms with Crippen LogP contribution in [0.25, 0.3) is 0 Å². The molecule has 4 rings (SSSR count). The molecule has 3 aromatic rings. The van der Waals surface area contributed by atoms with Crippen LogP contribution >= 0.6 is 0 Å². The van der Waals surface area contributed by atoms with Crippen LogP contribution in [-0.2, 0) is 22.9 Å². The van der Waals surface area contributed by atoms with Gasteiger partial charge in [-0.3, -0.25) is 4.90 Å². The van der Waals surface area contributed by atoms with Crippen molar-refractivity contribution in [3.05, 3.63) is 102 Å². The summed E-state index contributed by atoms with van der Waals surface area (Å²) < 4.78 is 29.5. The molecule has 5 nitrogen and oxygen atoms in total. The first-order chi connectivity index (χ1) is 16.0. The summed E-state index contributed by atoms with van der Waals surface area (Å²) in [5.74, 6) is 0. The first-order valence-corrected chi connectivity index (χ1v) is 13.1. The maximum Gasteiger partial charge on any atom is 0.240 e. The number of hydrogen-bond donors (Lipinski definition) is 2. The first kappa shape index (κ1) is 23.6. The van der Waals surface area contributed by atoms with Gasteiger partial charge < -0.3 is 5.32 Å². The van der Waals surface area contributed by atoms with E-state index in [2.05, 4.69) is 51.3 Å². The van der Waals surface area contributed by atoms with Crippen LogP contribution in [0.2, 0.25) is 0 Å². The van der Waals surface area contributed by atoms with Gasteiger partial charge >= 0.3 is 0 Å². The Kier molecular flexibility index (Phi) is 7.93. The highest BCUT2D eigenvalue weighted by Gasteiger charge is 2.28. The Hall–Kier alpha value is -2.51. The summed E-state index contributed by atoms with van der Waals surface area (Å²) in [7, 11) is -3.62. The summed E-state index contributed by atoms with van der Waals surface area (Å²) in [5, 5.41) is 3.51. The van der Waals surface area contributed by atoms with E-state index in [1.54, 1.807) is 18.2 Å². The van der Waals surface area contributed by atoms with E-state index in [9.17, 15) is 8.42 Å². The maximum atomic E-state index is 13.3. The van der Waals surface area contributed by atoms with Crippen LogP contribution in [-0.4, -0.2) is 51.6 Å². The van der Waals surface area contributed by atoms with Gasteiger partial charge in [-0.05, 0) is 48.6 Å². The SMILES string of the molecule is Cc1cccc(S(=O)(=O)N[C@@H](Cc2ccccc2)CN2CCNC[C@@H]2Cc2ccccc2)c1. The van der Waals surface area contributed by atoms with Gasteiger partial charge in [-0.1, -0.05) is 72.8 Å². The standard InChI is InChI=1S/C27H33N3O2S/c1-22-9-8-14-27(17-22)33(31,32)29-25(18-23-10-4-2-5-11-23)21-30-16-15-28-20-26(30)19-24-12-6-3-7-13-24/h2-14,17,25-26,28-29H,15-16,18-21H2,1H3/t25-,26-/m0/s1. The van der Waals surface area contributed by atoms with Gasteiger partial charge in [0.05, 0.1) is 4.90 Å². The molecule has 1 aliphatic rings. The molecule has 0 bridgehead atoms. The second-order valence-electron chi connectivity index (χ2n) is 8.87. The third kappa shape index (κ3) is 6.74. The number of hydrogen-bond acceptors (Lipinski definition) is 4. The fraction of sp³-hybridized carbons (Fsp3) is 0.333. The Labute approximate surface area is 197 Å². The number of benzene rings is 3. The maximum absolute atomic E-state index is 13.3. The summed E-state index contributed by atoms with van der Waals surface area (Å²) in [6, 6.07) is 27.8. The van der Waals surface area contributed by atoms with Gasteiger partial charge in [-0.25, -0.2) is 13.1 Å². The molecule has 3 aromatic carbocycles. The molecule has 33 heavy (non-hydrogen) atoms. The monoisotopic (exact) mass is 463 g/mol. The highest BCUT2D eigenvalue weighted by atomic mass is 32.2. The van der Waals surface area contributed by atoms with Crippen molar-refractivity contribution >= 4 is 10.0 Å². The molecule has 6 heteroatoms. The number of nitrogens with one attached hydrogen (secondary N) is 2. The minimum atomic E-state index is -3.62. The predicted octanol–water partition coefficient (Wildman–Crippen LogP) is 3.40. The summed E-state index contributed by atoms with van der Waals surface area (Å²) in [6.07, 6.45) is 1.59. The summed E-state index contributed by atoms with van der Waals surface area (Å²) in [4.78, 5) is 2.76. The number of nitrogens with zero attached hydrogens (tertiary/aromatic N) is 1. The molecule has 0 saturated carbocycles. The topological polar surface area (TPSA) is 61.4 Å². The third-order valence-electron chi connectivity index (χ3n) is 6.19. The van der Waals surface area contributed by atoms with Crippen molar-refractivity contribution in [3.8, 4) is 0 Å². The molecule has 0 radical (unpaired) electrons. The smallest absolute Gasteiger partial charge is 0.240 e. The molecule has 0 spiro atoms. The van der Waals surface area contributed by atoms with E-state index in [1.807, 2.05) is 37.3 Å². The van der Waals surface area contributed by atoms with Crippen molar-refractivity contribution in [1.29, 1.82) is 0 Å². The van der Waals surface area contributed by atoms with E-state index >= 15 is 0 Å². The van der Waals surface area contributed by atoms with Crippen molar-refractivity contribution in [1.82, 2.24) is 14.9 Å². The Morgan fingerprint density at radius 3 is 2.36 bits per heavy atom. The average molecular weight is 464 g/mol. The highest BCUT2D eigenvalue weighted by molar-refractivity contribution is 7.89. The average Bonchev–Trinajstić information content (AvgIpc) is 2.81. The van der Waals surface area contributed by atoms with Crippen molar-refractivity contribution in [3.63, 3.8) is 0 Å². The van der Waals surface area contributed by atoms with Crippen molar-refractivity contribution < 1.29 is 8.42 Å². The van der Waals surface area contributed by atoms with Crippen LogP contribution in [0.1, 0.15) is 16.7 Å². The number of aryl methyl sites for hydroxylation is 1. The van der Waals surface area contributed by atoms with Crippen LogP contribution < -0.4 is 10.0 Å². The zero-order valence-electron chi connectivity index (χ0n) is 19.2. The van der Waals surface area contributed by atoms with E-state index < -0.39 is 10.0 Å². The van der Waals surface area contributed by atoms with Gasteiger partial charge in [0.2, 0.25) is 10.0 Å². The summed E-state index contributed by atoms with van der Waals surface area (Å²) in [5.41, 5.74) is 3.36. The van der Waals surface area contributed by atoms with E-state index in [-0.39, 0.29) is 6.04 Å². The Morgan fingerprint density at radius 2 is 1.67 bits per heavy atom. The Balaban J connectivity index is 1.54. The lowest BCUT2D eigenvalue weighted by molar-refractivity contribution is 0.148. The lowest BCUT2D eigenvalue weighted by Gasteiger charge is -2.38. The molecule has 0 aromatic heterocycles. The third-order valence-corrected chi connectivity index (χ3v) is 7.71. The van der Waals surface area contributed by atoms with E-state index in [0.29, 0.717) is 23.9 Å². The quantitative estimate of drug-likeness (QED) is 0.511. The molecular formula is C27H33N3O2S. The van der Waals surface area contributed by atoms with E-state index in [1.165, 1.54) is 5.56 Å². The van der Waals surface area contributed by atoms with Crippen molar-refractivity contribution in [2.24, 2.45) is 0 Å². The number of rotatable bonds is 9. The molecule has 1 fully saturated rings. The molecule has 1 saturated heterocycles. The molecule has 2 atom stereocenters. The molecule has 0 amide bonds. The molecule has 1 heterocycles. The second-order valence-corrected chi connectivity index (χ2v) is 10.6. The lowest BCUT2D eigenvalue weighted by Crippen LogP contribution is -2.56. The molecular weight excluding hydrogens is 430 g/mol. The van der Waals surface area contributed by atoms with Crippen LogP contribution in [0.3, 0.4) is 0 Å². The zero-order valence-corrected chi connectivity index (χ0v) is 20.0. The fourth-order valence-electron chi connectivity index (χ4n) is 4.53. The van der Waals surface area contributed by atoms with Crippen molar-refractivity contribution in [2.45, 2.75) is 36.7 Å². The molecule has 0 unspecified atom stereocenters. The second kappa shape index (κ2) is 11.1. The normalized spacial score (nSPS) is 18.2. The van der Waals surface area contributed by atoms with Crippen LogP contribution in [0.4, 0.5) is 0 Å². The Morgan fingerprint density at radius 1 is 0.970 bits per heavy atom.